The van der Waals surface area contributed by atoms with Crippen molar-refractivity contribution in [2.45, 2.75) is 12.8 Å². The van der Waals surface area contributed by atoms with E-state index in [0.717, 1.165) is 14.0 Å². The van der Waals surface area contributed by atoms with Crippen molar-refractivity contribution in [3.8, 4) is 0 Å². The van der Waals surface area contributed by atoms with E-state index in [1.54, 1.807) is 0 Å². The van der Waals surface area contributed by atoms with Crippen molar-refractivity contribution >= 4 is 29.0 Å². The predicted molar refractivity (Wildman–Crippen MR) is 63.5 cm³/mol. The van der Waals surface area contributed by atoms with Crippen LogP contribution in [0.4, 0.5) is 5.69 Å². The second-order valence-corrected chi connectivity index (χ2v) is 3.90. The van der Waals surface area contributed by atoms with Crippen LogP contribution in [0.3, 0.4) is 0 Å². The van der Waals surface area contributed by atoms with Gasteiger partial charge in [-0.2, -0.15) is 0 Å². The van der Waals surface area contributed by atoms with Gasteiger partial charge in [-0.25, -0.2) is 0 Å². The minimum absolute atomic E-state index is 0.0187. The van der Waals surface area contributed by atoms with E-state index in [2.05, 4.69) is 4.74 Å². The van der Waals surface area contributed by atoms with Crippen molar-refractivity contribution < 1.29 is 19.2 Å². The maximum absolute atomic E-state index is 11.6. The lowest BCUT2D eigenvalue weighted by molar-refractivity contribution is -0.385. The fraction of sp³-hybridized carbons (Fsp3) is 0.273. The van der Waals surface area contributed by atoms with Crippen molar-refractivity contribution in [1.82, 2.24) is 0 Å². The number of hydrogen-bond acceptors (Lipinski definition) is 5. The van der Waals surface area contributed by atoms with Crippen LogP contribution in [0.5, 0.6) is 0 Å². The summed E-state index contributed by atoms with van der Waals surface area (Å²) in [5, 5.41) is 10.9. The fourth-order valence-corrected chi connectivity index (χ4v) is 1.85. The monoisotopic (exact) mass is 271 g/mol. The number of carbonyl (C=O) groups is 2. The molecule has 1 atom stereocenters. The van der Waals surface area contributed by atoms with Gasteiger partial charge in [0.2, 0.25) is 0 Å². The molecule has 1 aromatic carbocycles. The molecule has 18 heavy (non-hydrogen) atoms. The molecule has 0 aromatic heterocycles. The van der Waals surface area contributed by atoms with Gasteiger partial charge in [0.15, 0.2) is 0 Å². The first-order valence-electron chi connectivity index (χ1n) is 4.91. The van der Waals surface area contributed by atoms with E-state index in [1.807, 2.05) is 0 Å². The van der Waals surface area contributed by atoms with E-state index in [9.17, 15) is 19.7 Å². The molecule has 7 heteroatoms. The Balaban J connectivity index is 3.49. The molecule has 0 heterocycles. The smallest absolute Gasteiger partial charge is 0.321 e. The van der Waals surface area contributed by atoms with E-state index in [1.165, 1.54) is 18.2 Å². The molecule has 0 saturated carbocycles. The van der Waals surface area contributed by atoms with Gasteiger partial charge in [0.25, 0.3) is 5.69 Å². The number of nitrogens with zero attached hydrogens (tertiary/aromatic N) is 1. The summed E-state index contributed by atoms with van der Waals surface area (Å²) in [6.07, 6.45) is 0. The quantitative estimate of drug-likeness (QED) is 0.362. The molecule has 0 bridgehead atoms. The zero-order chi connectivity index (χ0) is 13.9. The minimum atomic E-state index is -1.39. The van der Waals surface area contributed by atoms with Crippen LogP contribution in [-0.4, -0.2) is 23.8 Å². The summed E-state index contributed by atoms with van der Waals surface area (Å²) >= 11 is 5.85. The minimum Gasteiger partial charge on any atom is -0.468 e. The van der Waals surface area contributed by atoms with Crippen LogP contribution in [0.1, 0.15) is 18.4 Å². The third-order valence-corrected chi connectivity index (χ3v) is 2.69. The molecule has 1 aromatic rings. The molecule has 1 rings (SSSR count). The van der Waals surface area contributed by atoms with E-state index in [4.69, 9.17) is 11.6 Å². The maximum atomic E-state index is 11.6. The Bertz CT molecular complexity index is 514. The summed E-state index contributed by atoms with van der Waals surface area (Å²) in [6.45, 7) is 1.15. The molecule has 0 amide bonds. The lowest BCUT2D eigenvalue weighted by Gasteiger charge is -2.13. The average molecular weight is 272 g/mol. The van der Waals surface area contributed by atoms with Gasteiger partial charge in [0.05, 0.1) is 22.6 Å². The Morgan fingerprint density at radius 3 is 2.50 bits per heavy atom. The second-order valence-electron chi connectivity index (χ2n) is 3.50. The van der Waals surface area contributed by atoms with Gasteiger partial charge in [-0.3, -0.25) is 19.7 Å². The highest BCUT2D eigenvalue weighted by Gasteiger charge is 2.34. The van der Waals surface area contributed by atoms with Crippen LogP contribution in [0.15, 0.2) is 18.2 Å². The van der Waals surface area contributed by atoms with Crippen molar-refractivity contribution in [3.63, 3.8) is 0 Å². The number of carbonyl (C=O) groups excluding carboxylic acids is 2. The summed E-state index contributed by atoms with van der Waals surface area (Å²) in [5.41, 5.74) is -0.517. The highest BCUT2D eigenvalue weighted by Crippen LogP contribution is 2.34. The molecule has 0 aliphatic rings. The Morgan fingerprint density at radius 1 is 1.44 bits per heavy atom. The molecule has 0 aliphatic heterocycles. The van der Waals surface area contributed by atoms with Gasteiger partial charge in [0, 0.05) is 6.07 Å². The van der Waals surface area contributed by atoms with Crippen molar-refractivity contribution in [3.05, 3.63) is 38.9 Å². The van der Waals surface area contributed by atoms with Gasteiger partial charge >= 0.3 is 5.97 Å². The summed E-state index contributed by atoms with van der Waals surface area (Å²) in [4.78, 5) is 33.2. The number of benzene rings is 1. The van der Waals surface area contributed by atoms with Crippen molar-refractivity contribution in [2.24, 2.45) is 0 Å². The summed E-state index contributed by atoms with van der Waals surface area (Å²) < 4.78 is 4.48. The number of nitro benzene ring substituents is 1. The van der Waals surface area contributed by atoms with Gasteiger partial charge in [-0.1, -0.05) is 17.7 Å². The number of rotatable bonds is 4. The standard InChI is InChI=1S/C11H10ClNO5/c1-6(14)9(11(15)18-2)10-7(12)4-3-5-8(10)13(16)17/h3-5,9H,1-2H3. The second kappa shape index (κ2) is 5.59. The Labute approximate surface area is 108 Å². The van der Waals surface area contributed by atoms with Gasteiger partial charge in [-0.05, 0) is 13.0 Å². The van der Waals surface area contributed by atoms with Gasteiger partial charge in [0.1, 0.15) is 11.7 Å². The molecule has 0 aliphatic carbocycles. The first-order chi connectivity index (χ1) is 8.40. The molecule has 1 unspecified atom stereocenters. The normalized spacial score (nSPS) is 11.7. The van der Waals surface area contributed by atoms with Crippen LogP contribution >= 0.6 is 11.6 Å². The summed E-state index contributed by atoms with van der Waals surface area (Å²) in [6, 6.07) is 3.93. The summed E-state index contributed by atoms with van der Waals surface area (Å²) in [5.74, 6) is -2.83. The van der Waals surface area contributed by atoms with Crippen molar-refractivity contribution in [2.75, 3.05) is 7.11 Å². The number of nitro groups is 1. The van der Waals surface area contributed by atoms with E-state index < -0.39 is 22.6 Å². The SMILES string of the molecule is COC(=O)C(C(C)=O)c1c(Cl)cccc1[N+](=O)[O-]. The molecule has 0 spiro atoms. The third-order valence-electron chi connectivity index (χ3n) is 2.36. The number of ether oxygens (including phenoxy) is 1. The molecule has 0 N–H and O–H groups in total. The number of methoxy groups -OCH3 is 1. The molecule has 0 saturated heterocycles. The molecule has 96 valence electrons. The zero-order valence-electron chi connectivity index (χ0n) is 9.68. The first kappa shape index (κ1) is 14.1. The Morgan fingerprint density at radius 2 is 2.06 bits per heavy atom. The molecular formula is C11H10ClNO5. The molecular weight excluding hydrogens is 262 g/mol. The number of Topliss-reactive ketones (excluding diaryl/α,β-unsaturated/α-hetero) is 1. The average Bonchev–Trinajstić information content (AvgIpc) is 2.30. The third kappa shape index (κ3) is 2.65. The van der Waals surface area contributed by atoms with Crippen LogP contribution in [0, 0.1) is 10.1 Å². The van der Waals surface area contributed by atoms with E-state index in [-0.39, 0.29) is 16.3 Å². The van der Waals surface area contributed by atoms with E-state index >= 15 is 0 Å². The molecule has 6 nitrogen and oxygen atoms in total. The van der Waals surface area contributed by atoms with E-state index in [0.29, 0.717) is 0 Å². The Kier molecular flexibility index (Phi) is 4.38. The highest BCUT2D eigenvalue weighted by molar-refractivity contribution is 6.32. The van der Waals surface area contributed by atoms with Crippen molar-refractivity contribution in [1.29, 1.82) is 0 Å². The lowest BCUT2D eigenvalue weighted by Crippen LogP contribution is -2.22. The zero-order valence-corrected chi connectivity index (χ0v) is 10.4. The summed E-state index contributed by atoms with van der Waals surface area (Å²) in [7, 11) is 1.10. The fourth-order valence-electron chi connectivity index (χ4n) is 1.58. The number of halogens is 1. The lowest BCUT2D eigenvalue weighted by atomic mass is 9.94. The number of ketones is 1. The number of esters is 1. The Hall–Kier alpha value is -1.95. The number of hydrogen-bond donors (Lipinski definition) is 0. The maximum Gasteiger partial charge on any atom is 0.321 e. The van der Waals surface area contributed by atoms with Crippen LogP contribution < -0.4 is 0 Å². The molecule has 0 fully saturated rings. The predicted octanol–water partition coefficient (Wildman–Crippen LogP) is 2.09. The van der Waals surface area contributed by atoms with Crippen LogP contribution in [0.2, 0.25) is 5.02 Å². The van der Waals surface area contributed by atoms with Gasteiger partial charge in [-0.15, -0.1) is 0 Å². The molecule has 0 radical (unpaired) electrons. The largest absolute Gasteiger partial charge is 0.468 e. The van der Waals surface area contributed by atoms with Gasteiger partial charge < -0.3 is 4.74 Å². The van der Waals surface area contributed by atoms with Crippen LogP contribution in [-0.2, 0) is 14.3 Å². The first-order valence-corrected chi connectivity index (χ1v) is 5.29. The van der Waals surface area contributed by atoms with Crippen LogP contribution in [0.25, 0.3) is 0 Å². The highest BCUT2D eigenvalue weighted by atomic mass is 35.5. The topological polar surface area (TPSA) is 86.5 Å².